The van der Waals surface area contributed by atoms with Crippen molar-refractivity contribution in [3.63, 3.8) is 0 Å². The summed E-state index contributed by atoms with van der Waals surface area (Å²) in [6.45, 7) is 5.63. The normalized spacial score (nSPS) is 12.3. The van der Waals surface area contributed by atoms with Crippen LogP contribution in [0.2, 0.25) is 0 Å². The monoisotopic (exact) mass is 500 g/mol. The molecular formula is C26H28N8O3. The quantitative estimate of drug-likeness (QED) is 0.289. The number of hydrogen-bond acceptors (Lipinski definition) is 9. The molecule has 190 valence electrons. The van der Waals surface area contributed by atoms with Gasteiger partial charge in [-0.2, -0.15) is 9.97 Å². The average molecular weight is 501 g/mol. The Morgan fingerprint density at radius 1 is 1.11 bits per heavy atom. The SMILES string of the molecule is Cc1noc(-c2cnc(Nc3ccc4c(=O)n(C)n(C(C)C)c4c3)nc2N[C@H](CO)c2ccccc2)n1. The van der Waals surface area contributed by atoms with E-state index in [0.717, 1.165) is 16.8 Å². The molecule has 37 heavy (non-hydrogen) atoms. The fourth-order valence-electron chi connectivity index (χ4n) is 4.37. The lowest BCUT2D eigenvalue weighted by Crippen LogP contribution is -2.20. The summed E-state index contributed by atoms with van der Waals surface area (Å²) in [6.07, 6.45) is 1.59. The second-order valence-corrected chi connectivity index (χ2v) is 9.02. The molecule has 3 heterocycles. The molecule has 0 saturated heterocycles. The van der Waals surface area contributed by atoms with Gasteiger partial charge >= 0.3 is 0 Å². The summed E-state index contributed by atoms with van der Waals surface area (Å²) in [5.41, 5.74) is 2.89. The number of aromatic nitrogens is 6. The van der Waals surface area contributed by atoms with Crippen molar-refractivity contribution in [1.82, 2.24) is 29.5 Å². The van der Waals surface area contributed by atoms with Gasteiger partial charge in [-0.3, -0.25) is 14.2 Å². The Hall–Kier alpha value is -4.51. The highest BCUT2D eigenvalue weighted by atomic mass is 16.5. The molecule has 3 aromatic heterocycles. The third kappa shape index (κ3) is 4.68. The van der Waals surface area contributed by atoms with Crippen molar-refractivity contribution in [3.05, 3.63) is 76.5 Å². The molecule has 0 radical (unpaired) electrons. The van der Waals surface area contributed by atoms with Crippen LogP contribution in [0.1, 0.15) is 37.3 Å². The lowest BCUT2D eigenvalue weighted by atomic mass is 10.1. The smallest absolute Gasteiger partial charge is 0.274 e. The van der Waals surface area contributed by atoms with E-state index >= 15 is 0 Å². The van der Waals surface area contributed by atoms with Gasteiger partial charge in [-0.05, 0) is 44.5 Å². The summed E-state index contributed by atoms with van der Waals surface area (Å²) in [6, 6.07) is 14.8. The first-order chi connectivity index (χ1) is 17.9. The molecule has 0 aliphatic carbocycles. The number of nitrogens with zero attached hydrogens (tertiary/aromatic N) is 6. The molecule has 0 spiro atoms. The van der Waals surface area contributed by atoms with Gasteiger partial charge < -0.3 is 20.3 Å². The largest absolute Gasteiger partial charge is 0.394 e. The van der Waals surface area contributed by atoms with E-state index < -0.39 is 6.04 Å². The van der Waals surface area contributed by atoms with Crippen LogP contribution in [0, 0.1) is 6.92 Å². The highest BCUT2D eigenvalue weighted by Crippen LogP contribution is 2.30. The van der Waals surface area contributed by atoms with E-state index in [9.17, 15) is 9.90 Å². The minimum atomic E-state index is -0.423. The Balaban J connectivity index is 1.53. The zero-order valence-corrected chi connectivity index (χ0v) is 21.0. The molecule has 0 amide bonds. The van der Waals surface area contributed by atoms with Crippen LogP contribution in [0.4, 0.5) is 17.5 Å². The maximum Gasteiger partial charge on any atom is 0.274 e. The van der Waals surface area contributed by atoms with Gasteiger partial charge in [0.15, 0.2) is 5.82 Å². The molecule has 3 N–H and O–H groups in total. The Morgan fingerprint density at radius 2 is 1.89 bits per heavy atom. The molecule has 0 unspecified atom stereocenters. The van der Waals surface area contributed by atoms with Crippen LogP contribution in [-0.4, -0.2) is 41.2 Å². The number of anilines is 3. The van der Waals surface area contributed by atoms with Crippen LogP contribution in [-0.2, 0) is 7.05 Å². The number of aliphatic hydroxyl groups excluding tert-OH is 1. The molecule has 0 saturated carbocycles. The number of nitrogens with one attached hydrogen (secondary N) is 2. The highest BCUT2D eigenvalue weighted by molar-refractivity contribution is 5.83. The molecule has 5 aromatic rings. The number of rotatable bonds is 8. The van der Waals surface area contributed by atoms with Crippen molar-refractivity contribution in [2.75, 3.05) is 17.2 Å². The van der Waals surface area contributed by atoms with Crippen LogP contribution in [0.25, 0.3) is 22.4 Å². The first-order valence-corrected chi connectivity index (χ1v) is 11.9. The number of fused-ring (bicyclic) bond motifs is 1. The lowest BCUT2D eigenvalue weighted by molar-refractivity contribution is 0.276. The number of aliphatic hydroxyl groups is 1. The molecular weight excluding hydrogens is 472 g/mol. The molecule has 2 aromatic carbocycles. The van der Waals surface area contributed by atoms with Crippen LogP contribution >= 0.6 is 0 Å². The van der Waals surface area contributed by atoms with Gasteiger partial charge in [-0.25, -0.2) is 4.98 Å². The van der Waals surface area contributed by atoms with Gasteiger partial charge in [0.25, 0.3) is 11.4 Å². The van der Waals surface area contributed by atoms with Gasteiger partial charge in [-0.15, -0.1) is 0 Å². The fraction of sp³-hybridized carbons (Fsp3) is 0.269. The molecule has 0 aliphatic heterocycles. The van der Waals surface area contributed by atoms with Gasteiger partial charge in [0.1, 0.15) is 11.4 Å². The third-order valence-corrected chi connectivity index (χ3v) is 6.08. The Bertz CT molecular complexity index is 1600. The molecule has 11 heteroatoms. The minimum absolute atomic E-state index is 0.0480. The van der Waals surface area contributed by atoms with Gasteiger partial charge in [-0.1, -0.05) is 35.5 Å². The van der Waals surface area contributed by atoms with Crippen molar-refractivity contribution in [2.45, 2.75) is 32.9 Å². The lowest BCUT2D eigenvalue weighted by Gasteiger charge is -2.19. The number of hydrogen-bond donors (Lipinski definition) is 3. The molecule has 5 rings (SSSR count). The first-order valence-electron chi connectivity index (χ1n) is 11.9. The zero-order valence-electron chi connectivity index (χ0n) is 21.0. The predicted molar refractivity (Wildman–Crippen MR) is 141 cm³/mol. The fourth-order valence-corrected chi connectivity index (χ4v) is 4.37. The average Bonchev–Trinajstić information content (AvgIpc) is 3.43. The summed E-state index contributed by atoms with van der Waals surface area (Å²) in [7, 11) is 1.76. The topological polar surface area (TPSA) is 136 Å². The standard InChI is InChI=1S/C26H28N8O3/c1-15(2)34-22-12-18(10-11-19(22)25(36)33(34)4)29-26-27-13-20(24-28-16(3)32-37-24)23(31-26)30-21(14-35)17-8-6-5-7-9-17/h5-13,15,21,35H,14H2,1-4H3,(H2,27,29,30,31)/t21-/m1/s1. The Morgan fingerprint density at radius 3 is 2.57 bits per heavy atom. The predicted octanol–water partition coefficient (Wildman–Crippen LogP) is 3.96. The van der Waals surface area contributed by atoms with Crippen molar-refractivity contribution in [1.29, 1.82) is 0 Å². The summed E-state index contributed by atoms with van der Waals surface area (Å²) >= 11 is 0. The molecule has 1 atom stereocenters. The van der Waals surface area contributed by atoms with Gasteiger partial charge in [0, 0.05) is 25.0 Å². The highest BCUT2D eigenvalue weighted by Gasteiger charge is 2.20. The van der Waals surface area contributed by atoms with E-state index in [2.05, 4.69) is 30.7 Å². The molecule has 0 bridgehead atoms. The second-order valence-electron chi connectivity index (χ2n) is 9.02. The zero-order chi connectivity index (χ0) is 26.1. The van der Waals surface area contributed by atoms with Gasteiger partial charge in [0.05, 0.1) is 23.6 Å². The van der Waals surface area contributed by atoms with Crippen molar-refractivity contribution >= 4 is 28.4 Å². The second kappa shape index (κ2) is 9.86. The molecule has 11 nitrogen and oxygen atoms in total. The number of benzene rings is 2. The van der Waals surface area contributed by atoms with Crippen molar-refractivity contribution in [3.8, 4) is 11.5 Å². The van der Waals surface area contributed by atoms with Crippen molar-refractivity contribution in [2.24, 2.45) is 7.05 Å². The Kier molecular flexibility index (Phi) is 6.45. The Labute approximate surface area is 212 Å². The molecule has 0 aliphatic rings. The third-order valence-electron chi connectivity index (χ3n) is 6.08. The summed E-state index contributed by atoms with van der Waals surface area (Å²) < 4.78 is 8.94. The summed E-state index contributed by atoms with van der Waals surface area (Å²) in [5, 5.41) is 21.1. The maximum atomic E-state index is 12.6. The minimum Gasteiger partial charge on any atom is -0.394 e. The maximum absolute atomic E-state index is 12.6. The van der Waals surface area contributed by atoms with Crippen molar-refractivity contribution < 1.29 is 9.63 Å². The number of aryl methyl sites for hydroxylation is 1. The van der Waals surface area contributed by atoms with Crippen LogP contribution < -0.4 is 16.2 Å². The van der Waals surface area contributed by atoms with Crippen LogP contribution in [0.5, 0.6) is 0 Å². The van der Waals surface area contributed by atoms with Gasteiger partial charge in [0.2, 0.25) is 5.95 Å². The first kappa shape index (κ1) is 24.2. The van der Waals surface area contributed by atoms with E-state index in [-0.39, 0.29) is 24.1 Å². The molecule has 0 fully saturated rings. The van der Waals surface area contributed by atoms with E-state index in [4.69, 9.17) is 4.52 Å². The van der Waals surface area contributed by atoms with E-state index in [0.29, 0.717) is 28.5 Å². The van der Waals surface area contributed by atoms with Crippen LogP contribution in [0.15, 0.2) is 64.0 Å². The van der Waals surface area contributed by atoms with E-state index in [1.807, 2.05) is 61.0 Å². The summed E-state index contributed by atoms with van der Waals surface area (Å²) in [4.78, 5) is 26.1. The van der Waals surface area contributed by atoms with Crippen LogP contribution in [0.3, 0.4) is 0 Å². The summed E-state index contributed by atoms with van der Waals surface area (Å²) in [5.74, 6) is 1.49. The van der Waals surface area contributed by atoms with E-state index in [1.165, 1.54) is 0 Å². The van der Waals surface area contributed by atoms with E-state index in [1.54, 1.807) is 30.9 Å².